The summed E-state index contributed by atoms with van der Waals surface area (Å²) < 4.78 is 12.4. The van der Waals surface area contributed by atoms with Crippen LogP contribution in [0.15, 0.2) is 108 Å². The standard InChI is InChI=1S/C75H88N8O6/c1-44-40-72(5,6)80-60-32-50-31-51-33-61-53(45(2)41-73(7,8)81-61)35-57(51)69(56(50)34-52(44)60)71(87)79-26-18-14-16-20-67(85)77-28-30-88-29-27-76-66(84)19-15-13-17-25-78-70(86)49-23-21-48(22-24-49)68-58-36-54-46(3)42-74(9,10)82-62(54)38-64(58)89-65-39-63-55(37-59(65)68)47(4)43-75(11,12)83-63/h21-24,31-43,80-82H,13-20,25-30H2,1-12H3,(H,76,84)(H,77,85)(H,78,86)(H,79,87). The lowest BCUT2D eigenvalue weighted by Crippen LogP contribution is -2.32. The summed E-state index contributed by atoms with van der Waals surface area (Å²) >= 11 is 0. The van der Waals surface area contributed by atoms with Gasteiger partial charge in [0.2, 0.25) is 11.8 Å². The molecule has 5 aliphatic rings. The zero-order valence-electron chi connectivity index (χ0n) is 54.1. The van der Waals surface area contributed by atoms with Crippen molar-refractivity contribution in [3.63, 3.8) is 0 Å². The lowest BCUT2D eigenvalue weighted by Gasteiger charge is -2.33. The van der Waals surface area contributed by atoms with Gasteiger partial charge in [-0.25, -0.2) is 0 Å². The van der Waals surface area contributed by atoms with Crippen molar-refractivity contribution in [2.24, 2.45) is 4.99 Å². The van der Waals surface area contributed by atoms with E-state index in [-0.39, 0.29) is 45.8 Å². The van der Waals surface area contributed by atoms with Gasteiger partial charge < -0.3 is 46.7 Å². The summed E-state index contributed by atoms with van der Waals surface area (Å²) in [7, 11) is 0. The maximum absolute atomic E-state index is 14.3. The molecule has 0 radical (unpaired) electrons. The average Bonchev–Trinajstić information content (AvgIpc) is 0.747. The lowest BCUT2D eigenvalue weighted by atomic mass is 9.85. The number of unbranched alkanes of at least 4 members (excludes halogenated alkanes) is 4. The van der Waals surface area contributed by atoms with Crippen molar-refractivity contribution in [1.82, 2.24) is 21.3 Å². The Morgan fingerprint density at radius 3 is 1.52 bits per heavy atom. The van der Waals surface area contributed by atoms with E-state index in [0.29, 0.717) is 76.2 Å². The molecule has 0 spiro atoms. The molecule has 11 rings (SSSR count). The number of ether oxygens (including phenoxy) is 2. The molecule has 14 heteroatoms. The number of fused-ring (bicyclic) bond motifs is 8. The molecule has 0 fully saturated rings. The first-order chi connectivity index (χ1) is 42.3. The van der Waals surface area contributed by atoms with Crippen molar-refractivity contribution in [2.75, 3.05) is 55.3 Å². The number of anilines is 3. The maximum Gasteiger partial charge on any atom is 0.252 e. The zero-order chi connectivity index (χ0) is 63.2. The summed E-state index contributed by atoms with van der Waals surface area (Å²) in [5.74, 6) is 1.20. The third kappa shape index (κ3) is 13.9. The van der Waals surface area contributed by atoms with Crippen molar-refractivity contribution in [1.29, 1.82) is 0 Å². The van der Waals surface area contributed by atoms with E-state index in [2.05, 4.69) is 199 Å². The first-order valence-electron chi connectivity index (χ1n) is 31.9. The average molecular weight is 1200 g/mol. The minimum absolute atomic E-state index is 0.0393. The van der Waals surface area contributed by atoms with Crippen molar-refractivity contribution < 1.29 is 28.7 Å². The Balaban J connectivity index is 0.577. The predicted molar refractivity (Wildman–Crippen MR) is 363 cm³/mol. The number of amides is 4. The van der Waals surface area contributed by atoms with E-state index in [1.54, 1.807) is 0 Å². The zero-order valence-corrected chi connectivity index (χ0v) is 54.1. The first-order valence-corrected chi connectivity index (χ1v) is 31.9. The predicted octanol–water partition coefficient (Wildman–Crippen LogP) is 13.5. The number of benzene rings is 6. The van der Waals surface area contributed by atoms with Crippen LogP contribution in [0.5, 0.6) is 11.5 Å². The van der Waals surface area contributed by atoms with E-state index >= 15 is 0 Å². The lowest BCUT2D eigenvalue weighted by molar-refractivity contribution is -0.121. The summed E-state index contributed by atoms with van der Waals surface area (Å²) in [6.45, 7) is 28.3. The molecule has 5 heterocycles. The van der Waals surface area contributed by atoms with Crippen LogP contribution in [0, 0.1) is 0 Å². The van der Waals surface area contributed by atoms with Gasteiger partial charge in [0.15, 0.2) is 0 Å². The largest absolute Gasteiger partial charge is 0.456 e. The Hall–Kier alpha value is -8.49. The number of carbonyl (C=O) groups excluding carboxylic acids is 4. The van der Waals surface area contributed by atoms with Crippen LogP contribution in [0.25, 0.3) is 49.4 Å². The van der Waals surface area contributed by atoms with Gasteiger partial charge in [0.25, 0.3) is 11.8 Å². The van der Waals surface area contributed by atoms with Gasteiger partial charge in [-0.15, -0.1) is 0 Å². The second-order valence-corrected chi connectivity index (χ2v) is 27.4. The smallest absolute Gasteiger partial charge is 0.252 e. The molecule has 6 aromatic carbocycles. The van der Waals surface area contributed by atoms with Crippen LogP contribution in [0.4, 0.5) is 17.1 Å². The monoisotopic (exact) mass is 1200 g/mol. The van der Waals surface area contributed by atoms with E-state index in [0.717, 1.165) is 125 Å². The summed E-state index contributed by atoms with van der Waals surface area (Å²) in [5.41, 5.74) is 15.7. The summed E-state index contributed by atoms with van der Waals surface area (Å²) in [4.78, 5) is 58.1. The van der Waals surface area contributed by atoms with E-state index in [4.69, 9.17) is 14.5 Å². The van der Waals surface area contributed by atoms with E-state index < -0.39 is 0 Å². The first kappa shape index (κ1) is 62.1. The molecule has 0 saturated heterocycles. The Kier molecular flexibility index (Phi) is 17.3. The highest BCUT2D eigenvalue weighted by molar-refractivity contribution is 6.20. The Labute approximate surface area is 524 Å². The molecule has 4 amide bonds. The fourth-order valence-corrected chi connectivity index (χ4v) is 13.8. The topological polar surface area (TPSA) is 183 Å². The van der Waals surface area contributed by atoms with E-state index in [1.807, 2.05) is 24.3 Å². The second-order valence-electron chi connectivity index (χ2n) is 27.4. The van der Waals surface area contributed by atoms with Crippen LogP contribution in [0.2, 0.25) is 0 Å². The summed E-state index contributed by atoms with van der Waals surface area (Å²) in [6, 6.07) is 27.4. The second kappa shape index (κ2) is 24.8. The van der Waals surface area contributed by atoms with Gasteiger partial charge in [0, 0.05) is 112 Å². The molecule has 6 aromatic rings. The molecular weight excluding hydrogens is 1110 g/mol. The van der Waals surface area contributed by atoms with Crippen LogP contribution in [0.3, 0.4) is 0 Å². The molecule has 5 aliphatic heterocycles. The third-order valence-electron chi connectivity index (χ3n) is 17.5. The number of carbonyl (C=O) groups is 4. The molecule has 0 aliphatic carbocycles. The molecular formula is C75H88N8O6. The molecule has 7 N–H and O–H groups in total. The molecule has 0 atom stereocenters. The fraction of sp³-hybridized carbons (Fsp3) is 0.400. The van der Waals surface area contributed by atoms with Crippen molar-refractivity contribution >= 4 is 90.1 Å². The molecule has 0 aromatic heterocycles. The fourth-order valence-electron chi connectivity index (χ4n) is 13.8. The summed E-state index contributed by atoms with van der Waals surface area (Å²) in [6.07, 6.45) is 14.2. The van der Waals surface area contributed by atoms with E-state index in [1.165, 1.54) is 22.3 Å². The van der Waals surface area contributed by atoms with Gasteiger partial charge in [-0.1, -0.05) is 49.3 Å². The highest BCUT2D eigenvalue weighted by Crippen LogP contribution is 2.46. The molecule has 14 nitrogen and oxygen atoms in total. The van der Waals surface area contributed by atoms with E-state index in [9.17, 15) is 19.2 Å². The molecule has 0 saturated carbocycles. The maximum atomic E-state index is 14.3. The van der Waals surface area contributed by atoms with Gasteiger partial charge in [-0.2, -0.15) is 0 Å². The summed E-state index contributed by atoms with van der Waals surface area (Å²) in [5, 5.41) is 29.0. The number of rotatable bonds is 21. The Bertz CT molecular complexity index is 4050. The number of nitrogens with one attached hydrogen (secondary N) is 7. The normalized spacial score (nSPS) is 16.7. The highest BCUT2D eigenvalue weighted by atomic mass is 16.5. The number of hydrogen-bond donors (Lipinski definition) is 7. The Morgan fingerprint density at radius 1 is 0.483 bits per heavy atom. The van der Waals surface area contributed by atoms with Crippen molar-refractivity contribution in [2.45, 2.75) is 157 Å². The van der Waals surface area contributed by atoms with Gasteiger partial charge in [-0.3, -0.25) is 24.2 Å². The van der Waals surface area contributed by atoms with Gasteiger partial charge >= 0.3 is 0 Å². The van der Waals surface area contributed by atoms with Crippen LogP contribution < -0.4 is 52.5 Å². The minimum atomic E-state index is -0.320. The van der Waals surface area contributed by atoms with Crippen LogP contribution in [-0.4, -0.2) is 85.2 Å². The Morgan fingerprint density at radius 2 is 0.978 bits per heavy atom. The quantitative estimate of drug-likeness (QED) is 0.0272. The van der Waals surface area contributed by atoms with Gasteiger partial charge in [0.05, 0.1) is 46.3 Å². The van der Waals surface area contributed by atoms with Crippen molar-refractivity contribution in [3.05, 3.63) is 158 Å². The van der Waals surface area contributed by atoms with Crippen molar-refractivity contribution in [3.8, 4) is 11.5 Å². The highest BCUT2D eigenvalue weighted by Gasteiger charge is 2.31. The van der Waals surface area contributed by atoms with Crippen LogP contribution in [0.1, 0.15) is 189 Å². The number of nitrogens with zero attached hydrogens (tertiary/aromatic N) is 1. The van der Waals surface area contributed by atoms with Crippen LogP contribution >= 0.6 is 0 Å². The number of hydrogen-bond acceptors (Lipinski definition) is 10. The molecule has 0 bridgehead atoms. The molecule has 0 unspecified atom stereocenters. The van der Waals surface area contributed by atoms with Crippen LogP contribution in [-0.2, 0) is 14.3 Å². The van der Waals surface area contributed by atoms with Gasteiger partial charge in [0.1, 0.15) is 11.5 Å². The minimum Gasteiger partial charge on any atom is -0.456 e. The number of allylic oxidation sites excluding steroid dienone is 4. The molecule has 89 heavy (non-hydrogen) atoms. The third-order valence-corrected chi connectivity index (χ3v) is 17.5. The van der Waals surface area contributed by atoms with Gasteiger partial charge in [-0.05, 0) is 213 Å². The molecule has 464 valence electrons. The SMILES string of the molecule is CC1=CC(C)(C)Nc2cc3c(cc21)C(c1ccc(C(=O)NCCCCCC(=O)NCCOCCNC(=O)CCCCCNC(=O)c2c4cc5c(cc4cc4cc6c(cc24)C(C)=CC(C)(C)N6)NC(C)(C)C=C5C)cc1)=c1cc2c(cc1O3)=NC(C)(C)C=C2C.